The third kappa shape index (κ3) is 4.01. The number of pyridine rings is 2. The van der Waals surface area contributed by atoms with Crippen LogP contribution in [0.1, 0.15) is 21.7 Å². The van der Waals surface area contributed by atoms with Gasteiger partial charge in [0.2, 0.25) is 0 Å². The molecule has 0 spiro atoms. The zero-order valence-electron chi connectivity index (χ0n) is 18.4. The van der Waals surface area contributed by atoms with Crippen LogP contribution in [-0.2, 0) is 6.18 Å². The van der Waals surface area contributed by atoms with Crippen molar-refractivity contribution >= 4 is 34.0 Å². The quantitative estimate of drug-likeness (QED) is 0.386. The van der Waals surface area contributed by atoms with Crippen molar-refractivity contribution in [2.45, 2.75) is 13.1 Å². The topological polar surface area (TPSA) is 99.6 Å². The van der Waals surface area contributed by atoms with Crippen LogP contribution in [0.3, 0.4) is 0 Å². The Balaban J connectivity index is 1.56. The molecule has 0 aliphatic heterocycles. The SMILES string of the molecule is Cc1nc(-n2cccn2)c(Cl)cc1NC(=O)c1cnn(-n2ccc3ccccc3c2=O)c1C(F)(F)F. The van der Waals surface area contributed by atoms with Crippen LogP contribution < -0.4 is 10.9 Å². The van der Waals surface area contributed by atoms with E-state index in [0.717, 1.165) is 12.4 Å². The summed E-state index contributed by atoms with van der Waals surface area (Å²) in [5, 5.41) is 11.0. The summed E-state index contributed by atoms with van der Waals surface area (Å²) in [5.41, 5.74) is -2.53. The fourth-order valence-electron chi connectivity index (χ4n) is 3.70. The van der Waals surface area contributed by atoms with E-state index in [9.17, 15) is 22.8 Å². The molecule has 0 saturated heterocycles. The number of rotatable bonds is 4. The molecule has 182 valence electrons. The molecule has 0 radical (unpaired) electrons. The van der Waals surface area contributed by atoms with E-state index in [4.69, 9.17) is 11.6 Å². The number of halogens is 4. The molecule has 4 aromatic heterocycles. The number of anilines is 1. The highest BCUT2D eigenvalue weighted by atomic mass is 35.5. The number of carbonyl (C=O) groups is 1. The van der Waals surface area contributed by atoms with Crippen molar-refractivity contribution in [2.24, 2.45) is 0 Å². The molecule has 0 atom stereocenters. The molecule has 13 heteroatoms. The first-order valence-electron chi connectivity index (χ1n) is 10.4. The van der Waals surface area contributed by atoms with Crippen molar-refractivity contribution < 1.29 is 18.0 Å². The maximum Gasteiger partial charge on any atom is 0.435 e. The van der Waals surface area contributed by atoms with Gasteiger partial charge in [0.15, 0.2) is 11.5 Å². The summed E-state index contributed by atoms with van der Waals surface area (Å²) in [4.78, 5) is 30.5. The van der Waals surface area contributed by atoms with Crippen LogP contribution in [-0.4, -0.2) is 35.2 Å². The average Bonchev–Trinajstić information content (AvgIpc) is 3.52. The van der Waals surface area contributed by atoms with Crippen LogP contribution in [0.5, 0.6) is 0 Å². The molecule has 0 aliphatic rings. The first-order valence-corrected chi connectivity index (χ1v) is 10.8. The Hall–Kier alpha value is -4.45. The van der Waals surface area contributed by atoms with E-state index in [2.05, 4.69) is 20.5 Å². The Labute approximate surface area is 205 Å². The van der Waals surface area contributed by atoms with Gasteiger partial charge in [0, 0.05) is 24.0 Å². The van der Waals surface area contributed by atoms with E-state index in [1.54, 1.807) is 37.4 Å². The van der Waals surface area contributed by atoms with Crippen molar-refractivity contribution in [3.8, 4) is 5.82 Å². The molecule has 1 aromatic carbocycles. The monoisotopic (exact) mass is 513 g/mol. The predicted octanol–water partition coefficient (Wildman–Crippen LogP) is 4.32. The van der Waals surface area contributed by atoms with Crippen molar-refractivity contribution in [3.05, 3.63) is 99.6 Å². The van der Waals surface area contributed by atoms with Crippen molar-refractivity contribution in [2.75, 3.05) is 5.32 Å². The van der Waals surface area contributed by atoms with Gasteiger partial charge in [-0.05, 0) is 36.6 Å². The van der Waals surface area contributed by atoms with Gasteiger partial charge in [0.05, 0.1) is 28.2 Å². The van der Waals surface area contributed by atoms with Crippen LogP contribution in [0, 0.1) is 6.92 Å². The molecule has 36 heavy (non-hydrogen) atoms. The average molecular weight is 514 g/mol. The predicted molar refractivity (Wildman–Crippen MR) is 125 cm³/mol. The molecule has 0 aliphatic carbocycles. The minimum Gasteiger partial charge on any atom is -0.320 e. The minimum atomic E-state index is -5.01. The van der Waals surface area contributed by atoms with Gasteiger partial charge >= 0.3 is 6.18 Å². The Morgan fingerprint density at radius 2 is 1.86 bits per heavy atom. The van der Waals surface area contributed by atoms with E-state index in [-0.39, 0.29) is 21.9 Å². The highest BCUT2D eigenvalue weighted by Gasteiger charge is 2.41. The van der Waals surface area contributed by atoms with Crippen LogP contribution in [0.4, 0.5) is 18.9 Å². The lowest BCUT2D eigenvalue weighted by atomic mass is 10.2. The number of hydrogen-bond acceptors (Lipinski definition) is 5. The number of nitrogens with one attached hydrogen (secondary N) is 1. The zero-order chi connectivity index (χ0) is 25.6. The van der Waals surface area contributed by atoms with Gasteiger partial charge in [-0.15, -0.1) is 0 Å². The van der Waals surface area contributed by atoms with E-state index in [0.29, 0.717) is 20.5 Å². The van der Waals surface area contributed by atoms with E-state index >= 15 is 0 Å². The van der Waals surface area contributed by atoms with E-state index < -0.39 is 28.9 Å². The van der Waals surface area contributed by atoms with Gasteiger partial charge in [-0.1, -0.05) is 29.8 Å². The molecule has 0 bridgehead atoms. The van der Waals surface area contributed by atoms with E-state index in [1.165, 1.54) is 29.1 Å². The number of fused-ring (bicyclic) bond motifs is 1. The van der Waals surface area contributed by atoms with Crippen LogP contribution in [0.15, 0.2) is 72.0 Å². The summed E-state index contributed by atoms with van der Waals surface area (Å²) in [6, 6.07) is 11.0. The molecule has 5 rings (SSSR count). The number of amides is 1. The lowest BCUT2D eigenvalue weighted by Crippen LogP contribution is -2.31. The first-order chi connectivity index (χ1) is 17.1. The largest absolute Gasteiger partial charge is 0.435 e. The van der Waals surface area contributed by atoms with Crippen LogP contribution in [0.25, 0.3) is 16.6 Å². The van der Waals surface area contributed by atoms with Gasteiger partial charge in [-0.2, -0.15) is 28.2 Å². The highest BCUT2D eigenvalue weighted by molar-refractivity contribution is 6.32. The molecular weight excluding hydrogens is 499 g/mol. The summed E-state index contributed by atoms with van der Waals surface area (Å²) in [5.74, 6) is -0.813. The number of alkyl halides is 3. The van der Waals surface area contributed by atoms with Crippen LogP contribution in [0.2, 0.25) is 5.02 Å². The molecule has 0 unspecified atom stereocenters. The lowest BCUT2D eigenvalue weighted by Gasteiger charge is -2.15. The molecule has 0 saturated carbocycles. The van der Waals surface area contributed by atoms with Gasteiger partial charge in [-0.25, -0.2) is 14.3 Å². The third-order valence-electron chi connectivity index (χ3n) is 5.38. The number of aromatic nitrogens is 6. The Kier molecular flexibility index (Phi) is 5.59. The summed E-state index contributed by atoms with van der Waals surface area (Å²) in [6.45, 7) is 1.56. The maximum absolute atomic E-state index is 14.1. The smallest absolute Gasteiger partial charge is 0.320 e. The number of hydrogen-bond donors (Lipinski definition) is 1. The molecule has 1 N–H and O–H groups in total. The number of carbonyl (C=O) groups excluding carboxylic acids is 1. The first kappa shape index (κ1) is 23.3. The summed E-state index contributed by atoms with van der Waals surface area (Å²) < 4.78 is 44.5. The zero-order valence-corrected chi connectivity index (χ0v) is 19.1. The molecule has 1 amide bonds. The second kappa shape index (κ2) is 8.64. The van der Waals surface area contributed by atoms with E-state index in [1.807, 2.05) is 0 Å². The maximum atomic E-state index is 14.1. The lowest BCUT2D eigenvalue weighted by molar-refractivity contribution is -0.145. The Morgan fingerprint density at radius 3 is 2.58 bits per heavy atom. The third-order valence-corrected chi connectivity index (χ3v) is 5.66. The van der Waals surface area contributed by atoms with Gasteiger partial charge in [-0.3, -0.25) is 9.59 Å². The Bertz CT molecular complexity index is 1670. The molecule has 9 nitrogen and oxygen atoms in total. The second-order valence-electron chi connectivity index (χ2n) is 7.68. The number of nitrogens with zero attached hydrogens (tertiary/aromatic N) is 6. The minimum absolute atomic E-state index is 0.102. The van der Waals surface area contributed by atoms with Crippen molar-refractivity contribution in [3.63, 3.8) is 0 Å². The van der Waals surface area contributed by atoms with Crippen molar-refractivity contribution in [1.29, 1.82) is 0 Å². The molecule has 0 fully saturated rings. The number of aryl methyl sites for hydroxylation is 1. The summed E-state index contributed by atoms with van der Waals surface area (Å²) >= 11 is 6.27. The Morgan fingerprint density at radius 1 is 1.08 bits per heavy atom. The fraction of sp³-hybridized carbons (Fsp3) is 0.0870. The normalized spacial score (nSPS) is 11.7. The standard InChI is InChI=1S/C23H15ClF3N7O2/c1-13-18(11-17(24)20(30-13)32-9-4-8-28-32)31-21(35)16-12-29-34(19(16)23(25,26)27)33-10-7-14-5-2-3-6-15(14)22(33)36/h2-12H,1H3,(H,31,35). The fourth-order valence-corrected chi connectivity index (χ4v) is 3.94. The van der Waals surface area contributed by atoms with Gasteiger partial charge in [0.25, 0.3) is 11.5 Å². The summed E-state index contributed by atoms with van der Waals surface area (Å²) in [6.07, 6.45) is 0.0483. The molecular formula is C23H15ClF3N7O2. The highest BCUT2D eigenvalue weighted by Crippen LogP contribution is 2.33. The molecule has 5 aromatic rings. The van der Waals surface area contributed by atoms with Gasteiger partial charge in [0.1, 0.15) is 0 Å². The second-order valence-corrected chi connectivity index (χ2v) is 8.09. The van der Waals surface area contributed by atoms with Gasteiger partial charge < -0.3 is 5.32 Å². The van der Waals surface area contributed by atoms with Crippen LogP contribution >= 0.6 is 11.6 Å². The summed E-state index contributed by atoms with van der Waals surface area (Å²) in [7, 11) is 0. The molecule has 4 heterocycles. The number of benzene rings is 1. The van der Waals surface area contributed by atoms with Crippen molar-refractivity contribution in [1.82, 2.24) is 29.3 Å².